The molecule has 1 aliphatic heterocycles. The molecular formula is C15H8AsF3S2. The zero-order valence-corrected chi connectivity index (χ0v) is 14.0. The van der Waals surface area contributed by atoms with Crippen LogP contribution in [0.3, 0.4) is 0 Å². The zero-order chi connectivity index (χ0) is 14.6. The standard InChI is InChI=1S/C15H8AsF3S2/c17-15(18,19)9-1-3-10(4-2-9)16-11-5-7-20-13(11)14-12(16)6-8-21-14/h1-8H. The van der Waals surface area contributed by atoms with Crippen molar-refractivity contribution in [2.24, 2.45) is 0 Å². The minimum absolute atomic E-state index is 0.574. The summed E-state index contributed by atoms with van der Waals surface area (Å²) in [7, 11) is 0. The van der Waals surface area contributed by atoms with Gasteiger partial charge in [-0.25, -0.2) is 0 Å². The second kappa shape index (κ2) is 4.73. The van der Waals surface area contributed by atoms with E-state index >= 15 is 0 Å². The van der Waals surface area contributed by atoms with E-state index < -0.39 is 26.4 Å². The van der Waals surface area contributed by atoms with Gasteiger partial charge in [0.25, 0.3) is 0 Å². The van der Waals surface area contributed by atoms with E-state index in [0.29, 0.717) is 0 Å². The Kier molecular flexibility index (Phi) is 3.07. The fourth-order valence-electron chi connectivity index (χ4n) is 2.50. The van der Waals surface area contributed by atoms with Gasteiger partial charge in [0, 0.05) is 0 Å². The number of benzene rings is 1. The zero-order valence-electron chi connectivity index (χ0n) is 10.5. The van der Waals surface area contributed by atoms with E-state index in [1.54, 1.807) is 34.8 Å². The predicted molar refractivity (Wildman–Crippen MR) is 83.7 cm³/mol. The Labute approximate surface area is 132 Å². The molecule has 0 fully saturated rings. The molecule has 4 rings (SSSR count). The van der Waals surface area contributed by atoms with Crippen molar-refractivity contribution in [3.8, 4) is 9.75 Å². The number of alkyl halides is 3. The van der Waals surface area contributed by atoms with Crippen LogP contribution in [0.4, 0.5) is 13.2 Å². The number of hydrogen-bond donors (Lipinski definition) is 0. The average Bonchev–Trinajstić information content (AvgIpc) is 3.10. The summed E-state index contributed by atoms with van der Waals surface area (Å²) in [6.45, 7) is 0. The topological polar surface area (TPSA) is 0 Å². The van der Waals surface area contributed by atoms with Crippen molar-refractivity contribution in [3.63, 3.8) is 0 Å². The summed E-state index contributed by atoms with van der Waals surface area (Å²) in [5, 5.41) is 4.16. The maximum absolute atomic E-state index is 12.7. The molecule has 0 bridgehead atoms. The van der Waals surface area contributed by atoms with E-state index in [2.05, 4.69) is 22.9 Å². The monoisotopic (exact) mass is 384 g/mol. The first-order chi connectivity index (χ1) is 10.1. The Morgan fingerprint density at radius 1 is 0.762 bits per heavy atom. The fraction of sp³-hybridized carbons (Fsp3) is 0.0667. The normalized spacial score (nSPS) is 14.2. The van der Waals surface area contributed by atoms with Crippen molar-refractivity contribution in [3.05, 3.63) is 52.7 Å². The molecule has 0 amide bonds. The summed E-state index contributed by atoms with van der Waals surface area (Å²) in [5.74, 6) is 0. The number of rotatable bonds is 1. The van der Waals surface area contributed by atoms with Crippen LogP contribution in [0.1, 0.15) is 5.56 Å². The molecule has 3 heterocycles. The van der Waals surface area contributed by atoms with Crippen LogP contribution >= 0.6 is 22.7 Å². The van der Waals surface area contributed by atoms with Crippen LogP contribution in [0.5, 0.6) is 0 Å². The van der Waals surface area contributed by atoms with Gasteiger partial charge < -0.3 is 0 Å². The van der Waals surface area contributed by atoms with Crippen LogP contribution in [-0.4, -0.2) is 14.7 Å². The van der Waals surface area contributed by atoms with Gasteiger partial charge in [0.1, 0.15) is 0 Å². The molecule has 6 heteroatoms. The third-order valence-electron chi connectivity index (χ3n) is 3.43. The van der Waals surface area contributed by atoms with Crippen molar-refractivity contribution >= 4 is 50.4 Å². The van der Waals surface area contributed by atoms with E-state index in [4.69, 9.17) is 0 Å². The Hall–Kier alpha value is -1.03. The van der Waals surface area contributed by atoms with E-state index in [0.717, 1.165) is 4.35 Å². The van der Waals surface area contributed by atoms with E-state index in [-0.39, 0.29) is 0 Å². The van der Waals surface area contributed by atoms with Crippen LogP contribution in [0.25, 0.3) is 9.75 Å². The molecule has 0 radical (unpaired) electrons. The van der Waals surface area contributed by atoms with Gasteiger partial charge in [-0.2, -0.15) is 0 Å². The molecule has 3 aromatic rings. The number of hydrogen-bond acceptors (Lipinski definition) is 2. The molecule has 1 aliphatic rings. The van der Waals surface area contributed by atoms with Gasteiger partial charge in [-0.05, 0) is 0 Å². The Balaban J connectivity index is 1.82. The molecule has 0 aliphatic carbocycles. The summed E-state index contributed by atoms with van der Waals surface area (Å²) >= 11 is 1.82. The average molecular weight is 384 g/mol. The molecule has 0 saturated carbocycles. The Morgan fingerprint density at radius 3 is 1.76 bits per heavy atom. The molecule has 2 aromatic heterocycles. The van der Waals surface area contributed by atoms with Gasteiger partial charge in [-0.3, -0.25) is 0 Å². The van der Waals surface area contributed by atoms with Crippen LogP contribution in [-0.2, 0) is 6.18 Å². The van der Waals surface area contributed by atoms with Crippen molar-refractivity contribution in [1.82, 2.24) is 0 Å². The third kappa shape index (κ3) is 2.10. The Bertz CT molecular complexity index is 759. The maximum atomic E-state index is 12.7. The molecule has 0 unspecified atom stereocenters. The molecule has 0 saturated heterocycles. The summed E-state index contributed by atoms with van der Waals surface area (Å²) in [4.78, 5) is 2.64. The van der Waals surface area contributed by atoms with Crippen molar-refractivity contribution in [1.29, 1.82) is 0 Å². The quantitative estimate of drug-likeness (QED) is 0.442. The van der Waals surface area contributed by atoms with Crippen LogP contribution in [0.2, 0.25) is 0 Å². The van der Waals surface area contributed by atoms with Crippen molar-refractivity contribution < 1.29 is 13.2 Å². The molecule has 106 valence electrons. The van der Waals surface area contributed by atoms with Crippen LogP contribution in [0.15, 0.2) is 47.2 Å². The summed E-state index contributed by atoms with van der Waals surface area (Å²) in [6.07, 6.45) is -4.27. The second-order valence-corrected chi connectivity index (χ2v) is 11.0. The SMILES string of the molecule is FC(F)(F)c1ccc([As]2c3ccsc3-c3sccc32)cc1. The van der Waals surface area contributed by atoms with Crippen molar-refractivity contribution in [2.75, 3.05) is 0 Å². The second-order valence-electron chi connectivity index (χ2n) is 4.65. The summed E-state index contributed by atoms with van der Waals surface area (Å²) < 4.78 is 41.8. The molecule has 1 aromatic carbocycles. The Morgan fingerprint density at radius 2 is 1.29 bits per heavy atom. The molecule has 0 N–H and O–H groups in total. The third-order valence-corrected chi connectivity index (χ3v) is 11.4. The minimum atomic E-state index is -4.27. The van der Waals surface area contributed by atoms with Gasteiger partial charge in [0.2, 0.25) is 0 Å². The first kappa shape index (κ1) is 13.6. The first-order valence-corrected chi connectivity index (χ1v) is 10.8. The molecular weight excluding hydrogens is 376 g/mol. The van der Waals surface area contributed by atoms with Crippen LogP contribution in [0, 0.1) is 0 Å². The van der Waals surface area contributed by atoms with E-state index in [1.165, 1.54) is 30.6 Å². The van der Waals surface area contributed by atoms with Crippen molar-refractivity contribution in [2.45, 2.75) is 6.18 Å². The number of fused-ring (bicyclic) bond motifs is 3. The molecule has 0 nitrogen and oxygen atoms in total. The predicted octanol–water partition coefficient (Wildman–Crippen LogP) is 3.33. The van der Waals surface area contributed by atoms with Gasteiger partial charge in [-0.1, -0.05) is 0 Å². The van der Waals surface area contributed by atoms with Gasteiger partial charge in [-0.15, -0.1) is 0 Å². The fourth-order valence-corrected chi connectivity index (χ4v) is 11.6. The van der Waals surface area contributed by atoms with E-state index in [1.807, 2.05) is 0 Å². The molecule has 0 spiro atoms. The first-order valence-electron chi connectivity index (χ1n) is 6.18. The number of thiophene rings is 2. The van der Waals surface area contributed by atoms with Gasteiger partial charge in [0.15, 0.2) is 0 Å². The van der Waals surface area contributed by atoms with E-state index in [9.17, 15) is 13.2 Å². The van der Waals surface area contributed by atoms with Crippen LogP contribution < -0.4 is 13.1 Å². The number of halogens is 3. The summed E-state index contributed by atoms with van der Waals surface area (Å²) in [5.41, 5.74) is -0.574. The summed E-state index contributed by atoms with van der Waals surface area (Å²) in [6, 6.07) is 10.0. The van der Waals surface area contributed by atoms with Gasteiger partial charge in [0.05, 0.1) is 0 Å². The molecule has 21 heavy (non-hydrogen) atoms. The van der Waals surface area contributed by atoms with Gasteiger partial charge >= 0.3 is 132 Å². The molecule has 0 atom stereocenters.